The molecule has 0 saturated carbocycles. The van der Waals surface area contributed by atoms with E-state index in [4.69, 9.17) is 10.5 Å². The van der Waals surface area contributed by atoms with Gasteiger partial charge < -0.3 is 10.5 Å². The molecule has 0 fully saturated rings. The van der Waals surface area contributed by atoms with Crippen molar-refractivity contribution >= 4 is 27.5 Å². The number of primary amides is 1. The first-order chi connectivity index (χ1) is 12.4. The van der Waals surface area contributed by atoms with Crippen LogP contribution in [-0.2, 0) is 11.3 Å². The third-order valence-corrected chi connectivity index (χ3v) is 5.06. The van der Waals surface area contributed by atoms with Crippen LogP contribution in [-0.4, -0.2) is 22.6 Å². The molecule has 0 aliphatic rings. The summed E-state index contributed by atoms with van der Waals surface area (Å²) in [5, 5.41) is 2.28. The second-order valence-corrected chi connectivity index (χ2v) is 6.89. The van der Waals surface area contributed by atoms with Crippen LogP contribution in [0.2, 0.25) is 0 Å². The van der Waals surface area contributed by atoms with Crippen molar-refractivity contribution in [1.82, 2.24) is 9.55 Å². The van der Waals surface area contributed by atoms with Gasteiger partial charge in [-0.1, -0.05) is 11.6 Å². The first-order valence-electron chi connectivity index (χ1n) is 8.10. The molecule has 3 N–H and O–H groups in total. The van der Waals surface area contributed by atoms with Crippen LogP contribution in [0.25, 0.3) is 21.3 Å². The van der Waals surface area contributed by atoms with E-state index in [0.717, 1.165) is 21.3 Å². The van der Waals surface area contributed by atoms with E-state index >= 15 is 0 Å². The number of aromatic nitrogens is 2. The van der Waals surface area contributed by atoms with Crippen molar-refractivity contribution in [2.45, 2.75) is 26.3 Å². The third-order valence-electron chi connectivity index (χ3n) is 4.17. The molecule has 0 aliphatic carbocycles. The molecule has 0 spiro atoms. The van der Waals surface area contributed by atoms with Gasteiger partial charge in [0, 0.05) is 29.5 Å². The van der Waals surface area contributed by atoms with E-state index in [0.29, 0.717) is 22.4 Å². The predicted molar refractivity (Wildman–Crippen MR) is 102 cm³/mol. The van der Waals surface area contributed by atoms with Crippen LogP contribution < -0.4 is 21.7 Å². The Balaban J connectivity index is 2.18. The Kier molecular flexibility index (Phi) is 4.94. The molecule has 136 valence electrons. The number of benzene rings is 1. The zero-order valence-corrected chi connectivity index (χ0v) is 15.3. The topological polar surface area (TPSA) is 107 Å². The number of amides is 1. The standard InChI is InChI=1S/C18H19N3O4S/c1-10-5-6-13(25-2)11(8-10)12-9-26-16-15(12)17(23)21(18(24)20-16)7-3-4-14(19)22/h5-6,8-9H,3-4,7H2,1-2H3,(H2,19,22)(H,20,24). The van der Waals surface area contributed by atoms with Crippen molar-refractivity contribution in [1.29, 1.82) is 0 Å². The summed E-state index contributed by atoms with van der Waals surface area (Å²) < 4.78 is 6.55. The molecule has 8 heteroatoms. The molecular weight excluding hydrogens is 354 g/mol. The number of nitrogens with zero attached hydrogens (tertiary/aromatic N) is 1. The summed E-state index contributed by atoms with van der Waals surface area (Å²) in [5.74, 6) is 0.192. The molecule has 0 unspecified atom stereocenters. The minimum absolute atomic E-state index is 0.117. The SMILES string of the molecule is COc1ccc(C)cc1-c1csc2[nH]c(=O)n(CCCC(N)=O)c(=O)c12. The average Bonchev–Trinajstić information content (AvgIpc) is 3.01. The van der Waals surface area contributed by atoms with E-state index in [1.807, 2.05) is 30.5 Å². The molecule has 3 rings (SSSR count). The van der Waals surface area contributed by atoms with Gasteiger partial charge in [-0.05, 0) is 25.5 Å². The van der Waals surface area contributed by atoms with Crippen molar-refractivity contribution < 1.29 is 9.53 Å². The van der Waals surface area contributed by atoms with Gasteiger partial charge in [-0.15, -0.1) is 11.3 Å². The number of rotatable bonds is 6. The molecule has 1 aromatic carbocycles. The summed E-state index contributed by atoms with van der Waals surface area (Å²) in [5.41, 5.74) is 6.81. The number of hydrogen-bond donors (Lipinski definition) is 2. The Labute approximate surface area is 153 Å². The lowest BCUT2D eigenvalue weighted by atomic mass is 10.0. The van der Waals surface area contributed by atoms with E-state index in [1.165, 1.54) is 11.3 Å². The minimum atomic E-state index is -0.489. The molecule has 0 saturated heterocycles. The number of thiophene rings is 1. The van der Waals surface area contributed by atoms with Crippen molar-refractivity contribution in [2.24, 2.45) is 5.73 Å². The highest BCUT2D eigenvalue weighted by Crippen LogP contribution is 2.36. The fraction of sp³-hybridized carbons (Fsp3) is 0.278. The Bertz CT molecular complexity index is 1090. The van der Waals surface area contributed by atoms with Crippen LogP contribution in [0.4, 0.5) is 0 Å². The zero-order chi connectivity index (χ0) is 18.8. The molecule has 0 bridgehead atoms. The Morgan fingerprint density at radius 1 is 1.31 bits per heavy atom. The lowest BCUT2D eigenvalue weighted by Crippen LogP contribution is -2.35. The number of fused-ring (bicyclic) bond motifs is 1. The Morgan fingerprint density at radius 2 is 2.08 bits per heavy atom. The molecule has 2 aromatic heterocycles. The summed E-state index contributed by atoms with van der Waals surface area (Å²) in [6, 6.07) is 5.73. The lowest BCUT2D eigenvalue weighted by molar-refractivity contribution is -0.118. The number of H-pyrrole nitrogens is 1. The van der Waals surface area contributed by atoms with Crippen molar-refractivity contribution in [3.63, 3.8) is 0 Å². The maximum atomic E-state index is 13.0. The summed E-state index contributed by atoms with van der Waals surface area (Å²) in [7, 11) is 1.58. The van der Waals surface area contributed by atoms with Gasteiger partial charge in [0.2, 0.25) is 5.91 Å². The summed E-state index contributed by atoms with van der Waals surface area (Å²) in [4.78, 5) is 39.4. The lowest BCUT2D eigenvalue weighted by Gasteiger charge is -2.09. The molecule has 26 heavy (non-hydrogen) atoms. The van der Waals surface area contributed by atoms with Crippen LogP contribution in [0.15, 0.2) is 33.2 Å². The molecule has 0 radical (unpaired) electrons. The third kappa shape index (κ3) is 3.28. The monoisotopic (exact) mass is 373 g/mol. The number of ether oxygens (including phenoxy) is 1. The van der Waals surface area contributed by atoms with Crippen LogP contribution in [0.1, 0.15) is 18.4 Å². The zero-order valence-electron chi connectivity index (χ0n) is 14.5. The molecule has 2 heterocycles. The van der Waals surface area contributed by atoms with Gasteiger partial charge in [0.1, 0.15) is 10.6 Å². The summed E-state index contributed by atoms with van der Waals surface area (Å²) >= 11 is 1.30. The number of nitrogens with two attached hydrogens (primary N) is 1. The molecule has 0 aliphatic heterocycles. The first-order valence-corrected chi connectivity index (χ1v) is 8.98. The van der Waals surface area contributed by atoms with Crippen molar-refractivity contribution in [2.75, 3.05) is 7.11 Å². The second kappa shape index (κ2) is 7.17. The number of carbonyl (C=O) groups is 1. The van der Waals surface area contributed by atoms with Gasteiger partial charge >= 0.3 is 5.69 Å². The normalized spacial score (nSPS) is 11.0. The van der Waals surface area contributed by atoms with Crippen LogP contribution in [0.3, 0.4) is 0 Å². The van der Waals surface area contributed by atoms with E-state index < -0.39 is 11.6 Å². The van der Waals surface area contributed by atoms with Gasteiger partial charge in [0.15, 0.2) is 0 Å². The number of hydrogen-bond acceptors (Lipinski definition) is 5. The molecular formula is C18H19N3O4S. The molecule has 3 aromatic rings. The van der Waals surface area contributed by atoms with Gasteiger partial charge in [-0.3, -0.25) is 19.1 Å². The number of methoxy groups -OCH3 is 1. The number of aromatic amines is 1. The van der Waals surface area contributed by atoms with E-state index in [9.17, 15) is 14.4 Å². The summed E-state index contributed by atoms with van der Waals surface area (Å²) in [6.07, 6.45) is 0.448. The largest absolute Gasteiger partial charge is 0.496 e. The van der Waals surface area contributed by atoms with Gasteiger partial charge in [-0.2, -0.15) is 0 Å². The van der Waals surface area contributed by atoms with Gasteiger partial charge in [0.05, 0.1) is 12.5 Å². The maximum absolute atomic E-state index is 13.0. The van der Waals surface area contributed by atoms with Crippen LogP contribution in [0, 0.1) is 6.92 Å². The highest BCUT2D eigenvalue weighted by atomic mass is 32.1. The predicted octanol–water partition coefficient (Wildman–Crippen LogP) is 2.00. The molecule has 7 nitrogen and oxygen atoms in total. The minimum Gasteiger partial charge on any atom is -0.496 e. The molecule has 0 atom stereocenters. The van der Waals surface area contributed by atoms with Crippen LogP contribution in [0.5, 0.6) is 5.75 Å². The Hall–Kier alpha value is -2.87. The summed E-state index contributed by atoms with van der Waals surface area (Å²) in [6.45, 7) is 2.09. The highest BCUT2D eigenvalue weighted by Gasteiger charge is 2.17. The number of aryl methyl sites for hydroxylation is 1. The number of nitrogens with one attached hydrogen (secondary N) is 1. The molecule has 1 amide bonds. The Morgan fingerprint density at radius 3 is 2.77 bits per heavy atom. The quantitative estimate of drug-likeness (QED) is 0.689. The first kappa shape index (κ1) is 17.9. The second-order valence-electron chi connectivity index (χ2n) is 6.01. The number of carbonyl (C=O) groups excluding carboxylic acids is 1. The average molecular weight is 373 g/mol. The van der Waals surface area contributed by atoms with Gasteiger partial charge in [-0.25, -0.2) is 4.79 Å². The highest BCUT2D eigenvalue weighted by molar-refractivity contribution is 7.17. The van der Waals surface area contributed by atoms with Crippen molar-refractivity contribution in [3.8, 4) is 16.9 Å². The van der Waals surface area contributed by atoms with Gasteiger partial charge in [0.25, 0.3) is 5.56 Å². The van der Waals surface area contributed by atoms with E-state index in [-0.39, 0.29) is 18.5 Å². The van der Waals surface area contributed by atoms with Crippen LogP contribution >= 0.6 is 11.3 Å². The smallest absolute Gasteiger partial charge is 0.329 e. The fourth-order valence-corrected chi connectivity index (χ4v) is 3.84. The van der Waals surface area contributed by atoms with E-state index in [1.54, 1.807) is 7.11 Å². The van der Waals surface area contributed by atoms with E-state index in [2.05, 4.69) is 4.98 Å². The van der Waals surface area contributed by atoms with Crippen molar-refractivity contribution in [3.05, 3.63) is 50.0 Å². The fourth-order valence-electron chi connectivity index (χ4n) is 2.90. The maximum Gasteiger partial charge on any atom is 0.329 e.